The number of aliphatic carboxylic acids is 1. The summed E-state index contributed by atoms with van der Waals surface area (Å²) in [7, 11) is 3.73. The molecule has 3 heterocycles. The molecule has 0 amide bonds. The van der Waals surface area contributed by atoms with E-state index >= 15 is 0 Å². The molecule has 2 bridgehead atoms. The number of aliphatic hydroxyl groups is 3. The SMILES string of the molecule is COc1ccc2c3c1O[C@H]1[C@@H](O[C@@H]4O[C@H](C(=O)[O-])[C@@H](O)C(O)[C@H]4O)C=C[C@H]4[C@@H](C2)N(C)CC[C@@]341.[Na+]. The third kappa shape index (κ3) is 3.46. The molecule has 11 heteroatoms. The van der Waals surface area contributed by atoms with Crippen LogP contribution in [0.25, 0.3) is 0 Å². The number of carboxylic acid groups (broad SMARTS) is 1. The molecule has 3 aliphatic heterocycles. The molecule has 35 heavy (non-hydrogen) atoms. The smallest absolute Gasteiger partial charge is 0.547 e. The second-order valence-corrected chi connectivity index (χ2v) is 9.94. The minimum Gasteiger partial charge on any atom is -0.547 e. The Kier molecular flexibility index (Phi) is 6.52. The van der Waals surface area contributed by atoms with Crippen LogP contribution in [-0.2, 0) is 26.1 Å². The van der Waals surface area contributed by atoms with E-state index in [9.17, 15) is 25.2 Å². The third-order valence-electron chi connectivity index (χ3n) is 8.43. The summed E-state index contributed by atoms with van der Waals surface area (Å²) in [6, 6.07) is 4.30. The van der Waals surface area contributed by atoms with Crippen LogP contribution in [0.1, 0.15) is 17.5 Å². The number of likely N-dealkylation sites (tertiary alicyclic amines) is 1. The van der Waals surface area contributed by atoms with Crippen LogP contribution in [0.15, 0.2) is 24.3 Å². The van der Waals surface area contributed by atoms with Crippen LogP contribution in [0.2, 0.25) is 0 Å². The topological polar surface area (TPSA) is 141 Å². The van der Waals surface area contributed by atoms with Gasteiger partial charge in [0, 0.05) is 22.9 Å². The van der Waals surface area contributed by atoms with E-state index in [2.05, 4.69) is 24.1 Å². The van der Waals surface area contributed by atoms with Crippen molar-refractivity contribution in [3.05, 3.63) is 35.4 Å². The van der Waals surface area contributed by atoms with E-state index in [0.29, 0.717) is 17.5 Å². The van der Waals surface area contributed by atoms with Crippen LogP contribution in [0.3, 0.4) is 0 Å². The van der Waals surface area contributed by atoms with Gasteiger partial charge >= 0.3 is 29.6 Å². The first kappa shape index (κ1) is 25.4. The molecule has 0 saturated carbocycles. The van der Waals surface area contributed by atoms with Gasteiger partial charge in [0.15, 0.2) is 17.8 Å². The maximum atomic E-state index is 11.4. The monoisotopic (exact) mass is 497 g/mol. The zero-order valence-corrected chi connectivity index (χ0v) is 21.9. The fraction of sp³-hybridized carbons (Fsp3) is 0.625. The second kappa shape index (κ2) is 8.97. The van der Waals surface area contributed by atoms with Crippen molar-refractivity contribution in [1.29, 1.82) is 0 Å². The van der Waals surface area contributed by atoms with Gasteiger partial charge in [-0.1, -0.05) is 18.2 Å². The summed E-state index contributed by atoms with van der Waals surface area (Å²) in [6.45, 7) is 0.873. The molecule has 0 aromatic heterocycles. The molecule has 1 spiro atoms. The van der Waals surface area contributed by atoms with E-state index in [1.54, 1.807) is 7.11 Å². The number of carboxylic acids is 1. The summed E-state index contributed by atoms with van der Waals surface area (Å²) in [5.74, 6) is -0.183. The van der Waals surface area contributed by atoms with Crippen molar-refractivity contribution in [3.63, 3.8) is 0 Å². The number of ether oxygens (including phenoxy) is 4. The summed E-state index contributed by atoms with van der Waals surface area (Å²) in [5.41, 5.74) is 1.97. The van der Waals surface area contributed by atoms with Crippen molar-refractivity contribution in [2.24, 2.45) is 5.92 Å². The van der Waals surface area contributed by atoms with Gasteiger partial charge in [-0.3, -0.25) is 0 Å². The summed E-state index contributed by atoms with van der Waals surface area (Å²) >= 11 is 0. The maximum Gasteiger partial charge on any atom is 1.00 e. The van der Waals surface area contributed by atoms with Crippen molar-refractivity contribution in [3.8, 4) is 11.5 Å². The molecule has 1 aromatic rings. The number of rotatable bonds is 4. The van der Waals surface area contributed by atoms with Gasteiger partial charge in [0.2, 0.25) is 0 Å². The number of aliphatic hydroxyl groups excluding tert-OH is 3. The van der Waals surface area contributed by atoms with Gasteiger partial charge < -0.3 is 49.1 Å². The summed E-state index contributed by atoms with van der Waals surface area (Å²) in [6.07, 6.45) is -4.05. The molecule has 2 aliphatic carbocycles. The molecule has 2 fully saturated rings. The van der Waals surface area contributed by atoms with E-state index in [1.165, 1.54) is 5.56 Å². The Morgan fingerprint density at radius 2 is 1.97 bits per heavy atom. The zero-order chi connectivity index (χ0) is 23.9. The van der Waals surface area contributed by atoms with Crippen LogP contribution in [-0.4, -0.2) is 95.8 Å². The second-order valence-electron chi connectivity index (χ2n) is 9.94. The van der Waals surface area contributed by atoms with Crippen molar-refractivity contribution < 1.29 is 73.7 Å². The van der Waals surface area contributed by atoms with E-state index in [4.69, 9.17) is 18.9 Å². The molecule has 10 nitrogen and oxygen atoms in total. The average Bonchev–Trinajstić information content (AvgIpc) is 3.17. The summed E-state index contributed by atoms with van der Waals surface area (Å²) < 4.78 is 23.6. The first-order valence-corrected chi connectivity index (χ1v) is 11.6. The van der Waals surface area contributed by atoms with E-state index in [-0.39, 0.29) is 40.9 Å². The Morgan fingerprint density at radius 3 is 2.69 bits per heavy atom. The molecule has 6 rings (SSSR count). The van der Waals surface area contributed by atoms with E-state index in [1.807, 2.05) is 12.1 Å². The zero-order valence-electron chi connectivity index (χ0n) is 19.9. The van der Waals surface area contributed by atoms with Crippen molar-refractivity contribution >= 4 is 5.97 Å². The standard InChI is InChI=1S/C24H29NO9.Na/c1-25-8-7-24-11-4-6-14(32-23-18(28)16(26)17(27)20(34-23)22(29)30)21(24)33-19-13(31-2)5-3-10(15(19)24)9-12(11)25;/h3-6,11-12,14,16-18,20-21,23,26-28H,7-9H2,1-2H3,(H,29,30);/q;+1/p-1/t11-,12+,14-,16?,17-,18+,20-,21-,23+,24-;/m0./s1. The number of nitrogens with zero attached hydrogens (tertiary/aromatic N) is 1. The van der Waals surface area contributed by atoms with Crippen molar-refractivity contribution in [1.82, 2.24) is 4.90 Å². The number of methoxy groups -OCH3 is 1. The Morgan fingerprint density at radius 1 is 1.20 bits per heavy atom. The number of likely N-dealkylation sites (N-methyl/N-ethyl adjacent to an activating group) is 1. The predicted octanol–water partition coefficient (Wildman–Crippen LogP) is -4.91. The molecule has 2 saturated heterocycles. The number of carbonyl (C=O) groups is 1. The van der Waals surface area contributed by atoms with Gasteiger partial charge in [0.25, 0.3) is 0 Å². The summed E-state index contributed by atoms with van der Waals surface area (Å²) in [4.78, 5) is 13.8. The van der Waals surface area contributed by atoms with Gasteiger partial charge in [-0.15, -0.1) is 0 Å². The minimum atomic E-state index is -1.84. The van der Waals surface area contributed by atoms with Crippen molar-refractivity contribution in [2.75, 3.05) is 20.7 Å². The number of piperidine rings is 1. The number of hydrogen-bond donors (Lipinski definition) is 3. The number of benzene rings is 1. The van der Waals surface area contributed by atoms with Crippen molar-refractivity contribution in [2.45, 2.75) is 67.2 Å². The van der Waals surface area contributed by atoms with Gasteiger partial charge in [0.05, 0.1) is 13.1 Å². The van der Waals surface area contributed by atoms with Crippen LogP contribution >= 0.6 is 0 Å². The molecular weight excluding hydrogens is 469 g/mol. The van der Waals surface area contributed by atoms with Gasteiger partial charge in [-0.2, -0.15) is 0 Å². The Hall–Kier alpha value is -1.21. The fourth-order valence-corrected chi connectivity index (χ4v) is 6.80. The van der Waals surface area contributed by atoms with E-state index in [0.717, 1.165) is 24.9 Å². The molecular formula is C24H28NNaO9. The average molecular weight is 497 g/mol. The van der Waals surface area contributed by atoms with Gasteiger partial charge in [-0.25, -0.2) is 0 Å². The predicted molar refractivity (Wildman–Crippen MR) is 113 cm³/mol. The van der Waals surface area contributed by atoms with Crippen LogP contribution in [0.5, 0.6) is 11.5 Å². The van der Waals surface area contributed by atoms with Crippen LogP contribution in [0.4, 0.5) is 0 Å². The molecule has 1 unspecified atom stereocenters. The Labute approximate surface area is 224 Å². The molecule has 1 aromatic carbocycles. The van der Waals surface area contributed by atoms with Crippen LogP contribution in [0, 0.1) is 5.92 Å². The largest absolute Gasteiger partial charge is 1.00 e. The first-order chi connectivity index (χ1) is 16.3. The molecule has 10 atom stereocenters. The molecule has 0 radical (unpaired) electrons. The number of hydrogen-bond acceptors (Lipinski definition) is 10. The molecule has 3 N–H and O–H groups in total. The maximum absolute atomic E-state index is 11.4. The van der Waals surface area contributed by atoms with E-state index < -0.39 is 48.9 Å². The van der Waals surface area contributed by atoms with Gasteiger partial charge in [-0.05, 0) is 38.1 Å². The number of carbonyl (C=O) groups excluding carboxylic acids is 1. The quantitative estimate of drug-likeness (QED) is 0.274. The van der Waals surface area contributed by atoms with Crippen LogP contribution < -0.4 is 44.1 Å². The molecule has 184 valence electrons. The first-order valence-electron chi connectivity index (χ1n) is 11.6. The fourth-order valence-electron chi connectivity index (χ4n) is 6.80. The minimum absolute atomic E-state index is 0. The summed E-state index contributed by atoms with van der Waals surface area (Å²) in [5, 5.41) is 42.1. The molecule has 5 aliphatic rings. The Balaban J connectivity index is 0.00000253. The van der Waals surface area contributed by atoms with Gasteiger partial charge in [0.1, 0.15) is 36.6 Å². The Bertz CT molecular complexity index is 1050. The third-order valence-corrected chi connectivity index (χ3v) is 8.43. The normalized spacial score (nSPS) is 43.1.